The fraction of sp³-hybridized carbons (Fsp3) is 0.333. The number of aromatic nitrogens is 3. The summed E-state index contributed by atoms with van der Waals surface area (Å²) in [6.07, 6.45) is -0.991. The zero-order chi connectivity index (χ0) is 22.2. The molecule has 0 bridgehead atoms. The molecule has 0 aromatic carbocycles. The molecule has 162 valence electrons. The molecule has 0 spiro atoms. The monoisotopic (exact) mass is 432 g/mol. The zero-order valence-corrected chi connectivity index (χ0v) is 16.9. The van der Waals surface area contributed by atoms with E-state index in [0.29, 0.717) is 48.0 Å². The van der Waals surface area contributed by atoms with E-state index in [9.17, 15) is 18.0 Å². The Morgan fingerprint density at radius 2 is 2.03 bits per heavy atom. The Bertz CT molecular complexity index is 1110. The van der Waals surface area contributed by atoms with Gasteiger partial charge in [-0.25, -0.2) is 4.98 Å². The van der Waals surface area contributed by atoms with Crippen molar-refractivity contribution in [1.29, 1.82) is 0 Å². The minimum atomic E-state index is -4.51. The molecule has 0 fully saturated rings. The smallest absolute Gasteiger partial charge is 0.433 e. The number of hydrogen-bond acceptors (Lipinski definition) is 6. The number of pyridine rings is 2. The quantitative estimate of drug-likeness (QED) is 0.621. The molecular weight excluding hydrogens is 413 g/mol. The minimum absolute atomic E-state index is 0.0270. The average Bonchev–Trinajstić information content (AvgIpc) is 3.11. The lowest BCUT2D eigenvalue weighted by molar-refractivity contribution is -0.141. The third-order valence-electron chi connectivity index (χ3n) is 5.19. The van der Waals surface area contributed by atoms with Gasteiger partial charge in [0, 0.05) is 44.0 Å². The van der Waals surface area contributed by atoms with Gasteiger partial charge in [0.25, 0.3) is 0 Å². The van der Waals surface area contributed by atoms with Crippen LogP contribution in [0, 0.1) is 6.92 Å². The second kappa shape index (κ2) is 8.01. The van der Waals surface area contributed by atoms with E-state index in [1.807, 2.05) is 6.07 Å². The maximum absolute atomic E-state index is 12.8. The van der Waals surface area contributed by atoms with Crippen LogP contribution in [0.5, 0.6) is 5.88 Å². The molecule has 0 aliphatic carbocycles. The van der Waals surface area contributed by atoms with Crippen LogP contribution in [0.3, 0.4) is 0 Å². The van der Waals surface area contributed by atoms with E-state index < -0.39 is 11.9 Å². The maximum Gasteiger partial charge on any atom is 0.433 e. The van der Waals surface area contributed by atoms with Gasteiger partial charge in [0.2, 0.25) is 11.8 Å². The predicted molar refractivity (Wildman–Crippen MR) is 103 cm³/mol. The van der Waals surface area contributed by atoms with Gasteiger partial charge in [0.15, 0.2) is 0 Å². The summed E-state index contributed by atoms with van der Waals surface area (Å²) in [7, 11) is 0. The summed E-state index contributed by atoms with van der Waals surface area (Å²) in [5.74, 6) is 0.927. The van der Waals surface area contributed by atoms with E-state index in [4.69, 9.17) is 9.26 Å². The Morgan fingerprint density at radius 3 is 2.71 bits per heavy atom. The van der Waals surface area contributed by atoms with E-state index >= 15 is 0 Å². The molecule has 3 aromatic rings. The highest BCUT2D eigenvalue weighted by Crippen LogP contribution is 2.31. The van der Waals surface area contributed by atoms with Crippen molar-refractivity contribution < 1.29 is 27.2 Å². The number of rotatable bonds is 4. The second-order valence-corrected chi connectivity index (χ2v) is 7.27. The van der Waals surface area contributed by atoms with Crippen molar-refractivity contribution in [1.82, 2.24) is 20.0 Å². The molecular formula is C21H19F3N4O3. The van der Waals surface area contributed by atoms with Gasteiger partial charge in [0.1, 0.15) is 23.8 Å². The number of nitrogens with zero attached hydrogens (tertiary/aromatic N) is 4. The second-order valence-electron chi connectivity index (χ2n) is 7.27. The lowest BCUT2D eigenvalue weighted by Crippen LogP contribution is -2.34. The highest BCUT2D eigenvalue weighted by atomic mass is 19.4. The SMILES string of the molecule is CC(=O)N1CCc2cc(OCc3c(-c4ccc(C(F)(F)F)nc4)noc3C)ncc2C1. The van der Waals surface area contributed by atoms with Crippen LogP contribution >= 0.6 is 0 Å². The predicted octanol–water partition coefficient (Wildman–Crippen LogP) is 3.94. The van der Waals surface area contributed by atoms with E-state index in [1.165, 1.54) is 6.07 Å². The van der Waals surface area contributed by atoms with Crippen molar-refractivity contribution in [3.05, 3.63) is 58.7 Å². The molecule has 0 N–H and O–H groups in total. The van der Waals surface area contributed by atoms with Crippen LogP contribution in [0.25, 0.3) is 11.3 Å². The molecule has 1 aliphatic heterocycles. The van der Waals surface area contributed by atoms with Crippen molar-refractivity contribution in [3.8, 4) is 17.1 Å². The number of fused-ring (bicyclic) bond motifs is 1. The molecule has 1 aliphatic rings. The van der Waals surface area contributed by atoms with Crippen molar-refractivity contribution in [2.45, 2.75) is 39.6 Å². The Kier molecular flexibility index (Phi) is 5.38. The van der Waals surface area contributed by atoms with Gasteiger partial charge in [-0.3, -0.25) is 9.78 Å². The summed E-state index contributed by atoms with van der Waals surface area (Å²) in [5.41, 5.74) is 2.43. The topological polar surface area (TPSA) is 81.4 Å². The molecule has 0 atom stereocenters. The van der Waals surface area contributed by atoms with Crippen LogP contribution in [0.1, 0.15) is 35.1 Å². The first kappa shape index (κ1) is 20.8. The first-order valence-corrected chi connectivity index (χ1v) is 9.57. The molecule has 0 unspecified atom stereocenters. The van der Waals surface area contributed by atoms with Gasteiger partial charge in [-0.1, -0.05) is 5.16 Å². The van der Waals surface area contributed by atoms with E-state index in [2.05, 4.69) is 15.1 Å². The van der Waals surface area contributed by atoms with Crippen LogP contribution < -0.4 is 4.74 Å². The fourth-order valence-corrected chi connectivity index (χ4v) is 3.40. The third kappa shape index (κ3) is 4.37. The molecule has 3 aromatic heterocycles. The van der Waals surface area contributed by atoms with Crippen LogP contribution in [-0.2, 0) is 30.5 Å². The molecule has 0 saturated heterocycles. The Labute approximate surface area is 175 Å². The number of alkyl halides is 3. The van der Waals surface area contributed by atoms with Crippen molar-refractivity contribution in [2.24, 2.45) is 0 Å². The van der Waals surface area contributed by atoms with E-state index in [1.54, 1.807) is 24.9 Å². The van der Waals surface area contributed by atoms with Crippen molar-refractivity contribution in [3.63, 3.8) is 0 Å². The lowest BCUT2D eigenvalue weighted by Gasteiger charge is -2.27. The van der Waals surface area contributed by atoms with Crippen molar-refractivity contribution in [2.75, 3.05) is 6.54 Å². The summed E-state index contributed by atoms with van der Waals surface area (Å²) < 4.78 is 49.3. The van der Waals surface area contributed by atoms with Crippen LogP contribution in [-0.4, -0.2) is 32.5 Å². The van der Waals surface area contributed by atoms with Gasteiger partial charge >= 0.3 is 6.18 Å². The van der Waals surface area contributed by atoms with Gasteiger partial charge in [-0.15, -0.1) is 0 Å². The van der Waals surface area contributed by atoms with Crippen LogP contribution in [0.2, 0.25) is 0 Å². The summed E-state index contributed by atoms with van der Waals surface area (Å²) in [6.45, 7) is 4.48. The molecule has 0 radical (unpaired) electrons. The number of carbonyl (C=O) groups excluding carboxylic acids is 1. The molecule has 7 nitrogen and oxygen atoms in total. The molecule has 4 heterocycles. The normalized spacial score (nSPS) is 13.8. The van der Waals surface area contributed by atoms with Gasteiger partial charge in [0.05, 0.1) is 5.56 Å². The molecule has 4 rings (SSSR count). The van der Waals surface area contributed by atoms with Crippen LogP contribution in [0.4, 0.5) is 13.2 Å². The maximum atomic E-state index is 12.8. The minimum Gasteiger partial charge on any atom is -0.473 e. The Morgan fingerprint density at radius 1 is 1.23 bits per heavy atom. The number of aryl methyl sites for hydroxylation is 1. The molecule has 1 amide bonds. The largest absolute Gasteiger partial charge is 0.473 e. The first-order chi connectivity index (χ1) is 14.7. The summed E-state index contributed by atoms with van der Waals surface area (Å²) in [4.78, 5) is 21.1. The average molecular weight is 432 g/mol. The first-order valence-electron chi connectivity index (χ1n) is 9.57. The fourth-order valence-electron chi connectivity index (χ4n) is 3.40. The number of amides is 1. The Hall–Kier alpha value is -3.43. The Balaban J connectivity index is 1.50. The lowest BCUT2D eigenvalue weighted by atomic mass is 10.0. The van der Waals surface area contributed by atoms with Gasteiger partial charge in [-0.05, 0) is 36.6 Å². The summed E-state index contributed by atoms with van der Waals surface area (Å²) in [5, 5.41) is 3.95. The van der Waals surface area contributed by atoms with Gasteiger partial charge < -0.3 is 14.2 Å². The highest BCUT2D eigenvalue weighted by Gasteiger charge is 2.32. The van der Waals surface area contributed by atoms with E-state index in [-0.39, 0.29) is 12.5 Å². The number of hydrogen-bond donors (Lipinski definition) is 0. The van der Waals surface area contributed by atoms with E-state index in [0.717, 1.165) is 23.4 Å². The number of halogens is 3. The summed E-state index contributed by atoms with van der Waals surface area (Å²) >= 11 is 0. The number of ether oxygens (including phenoxy) is 1. The highest BCUT2D eigenvalue weighted by molar-refractivity contribution is 5.73. The molecule has 10 heteroatoms. The molecule has 0 saturated carbocycles. The van der Waals surface area contributed by atoms with Gasteiger partial charge in [-0.2, -0.15) is 13.2 Å². The zero-order valence-electron chi connectivity index (χ0n) is 16.9. The number of carbonyl (C=O) groups is 1. The summed E-state index contributed by atoms with van der Waals surface area (Å²) in [6, 6.07) is 4.04. The molecule has 31 heavy (non-hydrogen) atoms. The standard InChI is InChI=1S/C21H19F3N4O3/c1-12-17(20(27-31-12)15-3-4-18(25-8-15)21(22,23)24)11-30-19-7-14-5-6-28(13(2)29)10-16(14)9-26-19/h3-4,7-9H,5-6,10-11H2,1-2H3. The third-order valence-corrected chi connectivity index (χ3v) is 5.19. The van der Waals surface area contributed by atoms with Crippen molar-refractivity contribution >= 4 is 5.91 Å². The van der Waals surface area contributed by atoms with Crippen LogP contribution in [0.15, 0.2) is 35.1 Å².